The maximum atomic E-state index is 6.22. The summed E-state index contributed by atoms with van der Waals surface area (Å²) in [5.74, 6) is 0.908. The second-order valence-electron chi connectivity index (χ2n) is 5.52. The van der Waals surface area contributed by atoms with E-state index in [4.69, 9.17) is 10.5 Å². The summed E-state index contributed by atoms with van der Waals surface area (Å²) in [5.41, 5.74) is 8.95. The molecule has 21 heavy (non-hydrogen) atoms. The lowest BCUT2D eigenvalue weighted by atomic mass is 10.00. The van der Waals surface area contributed by atoms with Crippen LogP contribution in [0.2, 0.25) is 0 Å². The van der Waals surface area contributed by atoms with Crippen LogP contribution in [-0.4, -0.2) is 13.2 Å². The number of nitrogens with two attached hydrogens (primary N) is 1. The molecule has 0 amide bonds. The number of ether oxygens (including phenoxy) is 1. The van der Waals surface area contributed by atoms with E-state index >= 15 is 0 Å². The Hall–Kier alpha value is -1.80. The molecule has 2 rings (SSSR count). The van der Waals surface area contributed by atoms with Crippen LogP contribution in [0.15, 0.2) is 54.6 Å². The number of aryl methyl sites for hydroxylation is 2. The molecular weight excluding hydrogens is 258 g/mol. The third-order valence-corrected chi connectivity index (χ3v) is 3.85. The van der Waals surface area contributed by atoms with E-state index in [1.807, 2.05) is 12.1 Å². The van der Waals surface area contributed by atoms with Crippen molar-refractivity contribution in [2.24, 2.45) is 5.73 Å². The highest BCUT2D eigenvalue weighted by Gasteiger charge is 2.04. The van der Waals surface area contributed by atoms with Crippen LogP contribution < -0.4 is 10.5 Å². The topological polar surface area (TPSA) is 35.2 Å². The summed E-state index contributed by atoms with van der Waals surface area (Å²) >= 11 is 0. The predicted octanol–water partition coefficient (Wildman–Crippen LogP) is 3.98. The Bertz CT molecular complexity index is 507. The highest BCUT2D eigenvalue weighted by atomic mass is 16.5. The average molecular weight is 283 g/mol. The molecule has 0 fully saturated rings. The predicted molar refractivity (Wildman–Crippen MR) is 88.7 cm³/mol. The molecule has 1 atom stereocenters. The van der Waals surface area contributed by atoms with Crippen LogP contribution in [0.3, 0.4) is 0 Å². The van der Waals surface area contributed by atoms with Gasteiger partial charge in [0.15, 0.2) is 0 Å². The lowest BCUT2D eigenvalue weighted by molar-refractivity contribution is 0.414. The number of hydrogen-bond acceptors (Lipinski definition) is 2. The largest absolute Gasteiger partial charge is 0.497 e. The van der Waals surface area contributed by atoms with E-state index < -0.39 is 0 Å². The van der Waals surface area contributed by atoms with E-state index in [1.54, 1.807) is 7.11 Å². The Morgan fingerprint density at radius 1 is 0.857 bits per heavy atom. The summed E-state index contributed by atoms with van der Waals surface area (Å²) in [6.45, 7) is 0. The van der Waals surface area contributed by atoms with Crippen LogP contribution in [0.1, 0.15) is 30.4 Å². The summed E-state index contributed by atoms with van der Waals surface area (Å²) in [4.78, 5) is 0. The van der Waals surface area contributed by atoms with E-state index in [0.717, 1.165) is 37.9 Å². The molecule has 112 valence electrons. The number of hydrogen-bond donors (Lipinski definition) is 1. The summed E-state index contributed by atoms with van der Waals surface area (Å²) < 4.78 is 5.17. The molecule has 2 N–H and O–H groups in total. The van der Waals surface area contributed by atoms with Gasteiger partial charge < -0.3 is 10.5 Å². The van der Waals surface area contributed by atoms with Crippen molar-refractivity contribution >= 4 is 0 Å². The first-order chi connectivity index (χ1) is 10.3. The molecule has 2 nitrogen and oxygen atoms in total. The van der Waals surface area contributed by atoms with Crippen molar-refractivity contribution in [3.05, 3.63) is 65.7 Å². The van der Waals surface area contributed by atoms with Gasteiger partial charge in [-0.1, -0.05) is 42.5 Å². The third kappa shape index (κ3) is 5.60. The van der Waals surface area contributed by atoms with Crippen molar-refractivity contribution in [1.29, 1.82) is 0 Å². The molecule has 0 bridgehead atoms. The molecule has 0 aliphatic heterocycles. The molecule has 1 unspecified atom stereocenters. The van der Waals surface area contributed by atoms with Gasteiger partial charge in [-0.3, -0.25) is 0 Å². The van der Waals surface area contributed by atoms with Crippen molar-refractivity contribution < 1.29 is 4.74 Å². The quantitative estimate of drug-likeness (QED) is 0.795. The zero-order valence-corrected chi connectivity index (χ0v) is 12.8. The molecule has 0 aliphatic carbocycles. The monoisotopic (exact) mass is 283 g/mol. The Morgan fingerprint density at radius 3 is 2.19 bits per heavy atom. The molecule has 2 aromatic rings. The van der Waals surface area contributed by atoms with Crippen LogP contribution >= 0.6 is 0 Å². The second kappa shape index (κ2) is 8.48. The highest BCUT2D eigenvalue weighted by molar-refractivity contribution is 5.27. The van der Waals surface area contributed by atoms with Crippen molar-refractivity contribution in [3.8, 4) is 5.75 Å². The highest BCUT2D eigenvalue weighted by Crippen LogP contribution is 2.14. The van der Waals surface area contributed by atoms with E-state index in [-0.39, 0.29) is 6.04 Å². The van der Waals surface area contributed by atoms with Gasteiger partial charge in [0, 0.05) is 6.04 Å². The summed E-state index contributed by atoms with van der Waals surface area (Å²) in [6, 6.07) is 19.2. The van der Waals surface area contributed by atoms with Gasteiger partial charge in [0.05, 0.1) is 7.11 Å². The van der Waals surface area contributed by atoms with E-state index in [0.29, 0.717) is 0 Å². The molecule has 0 aliphatic rings. The first-order valence-electron chi connectivity index (χ1n) is 7.70. The fourth-order valence-electron chi connectivity index (χ4n) is 2.50. The smallest absolute Gasteiger partial charge is 0.118 e. The normalized spacial score (nSPS) is 12.1. The first kappa shape index (κ1) is 15.6. The van der Waals surface area contributed by atoms with Gasteiger partial charge in [-0.15, -0.1) is 0 Å². The van der Waals surface area contributed by atoms with E-state index in [9.17, 15) is 0 Å². The van der Waals surface area contributed by atoms with Crippen LogP contribution in [0.25, 0.3) is 0 Å². The van der Waals surface area contributed by atoms with Crippen LogP contribution in [-0.2, 0) is 12.8 Å². The van der Waals surface area contributed by atoms with Gasteiger partial charge >= 0.3 is 0 Å². The fraction of sp³-hybridized carbons (Fsp3) is 0.368. The van der Waals surface area contributed by atoms with Crippen molar-refractivity contribution in [1.82, 2.24) is 0 Å². The summed E-state index contributed by atoms with van der Waals surface area (Å²) in [5, 5.41) is 0. The van der Waals surface area contributed by atoms with E-state index in [1.165, 1.54) is 11.1 Å². The first-order valence-corrected chi connectivity index (χ1v) is 7.70. The summed E-state index contributed by atoms with van der Waals surface area (Å²) in [6.07, 6.45) is 5.45. The number of methoxy groups -OCH3 is 1. The molecule has 0 heterocycles. The minimum atomic E-state index is 0.288. The standard InChI is InChI=1S/C19H25NO/c1-21-19-14-11-17(12-15-19)10-13-18(20)9-5-8-16-6-3-2-4-7-16/h2-4,6-7,11-12,14-15,18H,5,8-10,13,20H2,1H3. The SMILES string of the molecule is COc1ccc(CCC(N)CCCc2ccccc2)cc1. The maximum absolute atomic E-state index is 6.22. The Kier molecular flexibility index (Phi) is 6.29. The number of rotatable bonds is 8. The van der Waals surface area contributed by atoms with E-state index in [2.05, 4.69) is 42.5 Å². The minimum Gasteiger partial charge on any atom is -0.497 e. The Balaban J connectivity index is 1.66. The Morgan fingerprint density at radius 2 is 1.52 bits per heavy atom. The van der Waals surface area contributed by atoms with Gasteiger partial charge in [-0.05, 0) is 55.4 Å². The molecule has 0 spiro atoms. The molecular formula is C19H25NO. The lowest BCUT2D eigenvalue weighted by Gasteiger charge is -2.11. The van der Waals surface area contributed by atoms with Gasteiger partial charge in [0.25, 0.3) is 0 Å². The van der Waals surface area contributed by atoms with Gasteiger partial charge in [-0.25, -0.2) is 0 Å². The minimum absolute atomic E-state index is 0.288. The van der Waals surface area contributed by atoms with Gasteiger partial charge in [0.2, 0.25) is 0 Å². The second-order valence-corrected chi connectivity index (χ2v) is 5.52. The molecule has 2 aromatic carbocycles. The van der Waals surface area contributed by atoms with Gasteiger partial charge in [0.1, 0.15) is 5.75 Å². The lowest BCUT2D eigenvalue weighted by Crippen LogP contribution is -2.20. The van der Waals surface area contributed by atoms with Crippen LogP contribution in [0.5, 0.6) is 5.75 Å². The van der Waals surface area contributed by atoms with Crippen molar-refractivity contribution in [2.75, 3.05) is 7.11 Å². The molecule has 0 saturated heterocycles. The summed E-state index contributed by atoms with van der Waals surface area (Å²) in [7, 11) is 1.69. The molecule has 2 heteroatoms. The maximum Gasteiger partial charge on any atom is 0.118 e. The zero-order chi connectivity index (χ0) is 14.9. The molecule has 0 aromatic heterocycles. The molecule has 0 saturated carbocycles. The zero-order valence-electron chi connectivity index (χ0n) is 12.8. The third-order valence-electron chi connectivity index (χ3n) is 3.85. The Labute approximate surface area is 127 Å². The van der Waals surface area contributed by atoms with Crippen molar-refractivity contribution in [3.63, 3.8) is 0 Å². The molecule has 0 radical (unpaired) electrons. The van der Waals surface area contributed by atoms with Gasteiger partial charge in [-0.2, -0.15) is 0 Å². The average Bonchev–Trinajstić information content (AvgIpc) is 2.54. The van der Waals surface area contributed by atoms with Crippen LogP contribution in [0.4, 0.5) is 0 Å². The van der Waals surface area contributed by atoms with Crippen molar-refractivity contribution in [2.45, 2.75) is 38.1 Å². The van der Waals surface area contributed by atoms with Crippen LogP contribution in [0, 0.1) is 0 Å². The fourth-order valence-corrected chi connectivity index (χ4v) is 2.50. The number of benzene rings is 2.